The molecule has 0 amide bonds. The molecule has 0 radical (unpaired) electrons. The number of esters is 2. The van der Waals surface area contributed by atoms with E-state index in [1.807, 2.05) is 13.8 Å². The van der Waals surface area contributed by atoms with Crippen LogP contribution in [0.2, 0.25) is 0 Å². The van der Waals surface area contributed by atoms with Gasteiger partial charge in [-0.25, -0.2) is 0 Å². The number of carbonyl (C=O) groups is 2. The molecule has 0 bridgehead atoms. The van der Waals surface area contributed by atoms with E-state index in [1.54, 1.807) is 0 Å². The summed E-state index contributed by atoms with van der Waals surface area (Å²) in [6, 6.07) is 0. The highest BCUT2D eigenvalue weighted by molar-refractivity contribution is 5.69. The number of hydrogen-bond acceptors (Lipinski definition) is 4. The summed E-state index contributed by atoms with van der Waals surface area (Å²) in [6.07, 6.45) is 10.2. The molecule has 0 aliphatic rings. The topological polar surface area (TPSA) is 52.6 Å². The number of rotatable bonds is 15. The van der Waals surface area contributed by atoms with E-state index in [-0.39, 0.29) is 18.0 Å². The smallest absolute Gasteiger partial charge is 0.306 e. The van der Waals surface area contributed by atoms with E-state index in [9.17, 15) is 9.59 Å². The monoisotopic (exact) mass is 342 g/mol. The quantitative estimate of drug-likeness (QED) is 0.294. The number of carbonyl (C=O) groups excluding carboxylic acids is 2. The maximum Gasteiger partial charge on any atom is 0.306 e. The Balaban J connectivity index is 3.44. The van der Waals surface area contributed by atoms with Gasteiger partial charge in [-0.1, -0.05) is 59.8 Å². The van der Waals surface area contributed by atoms with Gasteiger partial charge in [0.1, 0.15) is 6.10 Å². The average Bonchev–Trinajstić information content (AvgIpc) is 2.54. The summed E-state index contributed by atoms with van der Waals surface area (Å²) in [5.41, 5.74) is 0. The molecule has 24 heavy (non-hydrogen) atoms. The number of ether oxygens (including phenoxy) is 2. The summed E-state index contributed by atoms with van der Waals surface area (Å²) in [5, 5.41) is 0. The minimum absolute atomic E-state index is 0.0526. The molecule has 0 N–H and O–H groups in total. The zero-order valence-electron chi connectivity index (χ0n) is 16.3. The highest BCUT2D eigenvalue weighted by atomic mass is 16.5. The van der Waals surface area contributed by atoms with E-state index >= 15 is 0 Å². The average molecular weight is 343 g/mol. The van der Waals surface area contributed by atoms with Gasteiger partial charge < -0.3 is 9.47 Å². The van der Waals surface area contributed by atoms with Crippen molar-refractivity contribution in [2.24, 2.45) is 5.92 Å². The molecule has 0 fully saturated rings. The minimum Gasteiger partial charge on any atom is -0.465 e. The Morgan fingerprint density at radius 2 is 1.38 bits per heavy atom. The largest absolute Gasteiger partial charge is 0.465 e. The van der Waals surface area contributed by atoms with Crippen molar-refractivity contribution in [3.8, 4) is 0 Å². The fourth-order valence-electron chi connectivity index (χ4n) is 2.49. The van der Waals surface area contributed by atoms with Gasteiger partial charge in [0, 0.05) is 12.8 Å². The van der Waals surface area contributed by atoms with Crippen molar-refractivity contribution in [2.75, 3.05) is 6.61 Å². The molecule has 0 aromatic heterocycles. The molecule has 1 atom stereocenters. The normalized spacial score (nSPS) is 12.2. The third-order valence-electron chi connectivity index (χ3n) is 3.95. The standard InChI is InChI=1S/C20H38O4/c1-5-13-18(6-2)24-20(22)15-12-10-8-7-9-11-14-19(21)23-16-17(3)4/h17-18H,5-16H2,1-4H3. The van der Waals surface area contributed by atoms with Gasteiger partial charge in [-0.2, -0.15) is 0 Å². The summed E-state index contributed by atoms with van der Waals surface area (Å²) in [7, 11) is 0. The van der Waals surface area contributed by atoms with Crippen molar-refractivity contribution in [3.63, 3.8) is 0 Å². The van der Waals surface area contributed by atoms with E-state index in [1.165, 1.54) is 0 Å². The maximum atomic E-state index is 11.7. The summed E-state index contributed by atoms with van der Waals surface area (Å²) in [5.74, 6) is 0.266. The first-order chi connectivity index (χ1) is 11.5. The fourth-order valence-corrected chi connectivity index (χ4v) is 2.49. The second-order valence-corrected chi connectivity index (χ2v) is 7.01. The van der Waals surface area contributed by atoms with E-state index in [0.29, 0.717) is 25.4 Å². The summed E-state index contributed by atoms with van der Waals surface area (Å²) in [6.45, 7) is 8.77. The molecule has 0 saturated carbocycles. The van der Waals surface area contributed by atoms with Crippen LogP contribution in [0.5, 0.6) is 0 Å². The van der Waals surface area contributed by atoms with Crippen molar-refractivity contribution in [2.45, 2.75) is 104 Å². The van der Waals surface area contributed by atoms with E-state index < -0.39 is 0 Å². The van der Waals surface area contributed by atoms with Crippen LogP contribution in [0.3, 0.4) is 0 Å². The number of unbranched alkanes of at least 4 members (excludes halogenated alkanes) is 5. The van der Waals surface area contributed by atoms with Crippen molar-refractivity contribution < 1.29 is 19.1 Å². The molecule has 142 valence electrons. The Morgan fingerprint density at radius 3 is 1.88 bits per heavy atom. The van der Waals surface area contributed by atoms with Gasteiger partial charge in [0.25, 0.3) is 0 Å². The van der Waals surface area contributed by atoms with Gasteiger partial charge in [-0.3, -0.25) is 9.59 Å². The first-order valence-electron chi connectivity index (χ1n) is 9.84. The molecule has 0 saturated heterocycles. The third kappa shape index (κ3) is 14.5. The first-order valence-corrected chi connectivity index (χ1v) is 9.84. The Labute approximate surface area is 148 Å². The molecular formula is C20H38O4. The lowest BCUT2D eigenvalue weighted by Crippen LogP contribution is -2.16. The Bertz CT molecular complexity index is 326. The molecule has 0 rings (SSSR count). The highest BCUT2D eigenvalue weighted by Gasteiger charge is 2.11. The minimum atomic E-state index is -0.0796. The summed E-state index contributed by atoms with van der Waals surface area (Å²) in [4.78, 5) is 23.2. The second kappa shape index (κ2) is 15.5. The van der Waals surface area contributed by atoms with Crippen LogP contribution >= 0.6 is 0 Å². The molecule has 0 aromatic rings. The van der Waals surface area contributed by atoms with Crippen molar-refractivity contribution in [1.82, 2.24) is 0 Å². The molecule has 0 aromatic carbocycles. The van der Waals surface area contributed by atoms with Crippen LogP contribution in [-0.2, 0) is 19.1 Å². The van der Waals surface area contributed by atoms with Crippen molar-refractivity contribution >= 4 is 11.9 Å². The van der Waals surface area contributed by atoms with Gasteiger partial charge >= 0.3 is 11.9 Å². The highest BCUT2D eigenvalue weighted by Crippen LogP contribution is 2.12. The molecule has 4 nitrogen and oxygen atoms in total. The molecule has 0 aliphatic heterocycles. The fraction of sp³-hybridized carbons (Fsp3) is 0.900. The van der Waals surface area contributed by atoms with Gasteiger partial charge in [-0.05, 0) is 31.6 Å². The molecule has 0 aliphatic carbocycles. The molecular weight excluding hydrogens is 304 g/mol. The van der Waals surface area contributed by atoms with Gasteiger partial charge in [0.15, 0.2) is 0 Å². The lowest BCUT2D eigenvalue weighted by Gasteiger charge is -2.15. The van der Waals surface area contributed by atoms with Crippen LogP contribution in [-0.4, -0.2) is 24.6 Å². The van der Waals surface area contributed by atoms with Crippen LogP contribution < -0.4 is 0 Å². The van der Waals surface area contributed by atoms with E-state index in [2.05, 4.69) is 13.8 Å². The van der Waals surface area contributed by atoms with Crippen molar-refractivity contribution in [3.05, 3.63) is 0 Å². The Kier molecular flexibility index (Phi) is 14.8. The van der Waals surface area contributed by atoms with Crippen LogP contribution in [0.4, 0.5) is 0 Å². The third-order valence-corrected chi connectivity index (χ3v) is 3.95. The lowest BCUT2D eigenvalue weighted by molar-refractivity contribution is -0.149. The SMILES string of the molecule is CCCC(CC)OC(=O)CCCCCCCCC(=O)OCC(C)C. The Morgan fingerprint density at radius 1 is 0.833 bits per heavy atom. The maximum absolute atomic E-state index is 11.7. The van der Waals surface area contributed by atoms with Crippen LogP contribution in [0, 0.1) is 5.92 Å². The Hall–Kier alpha value is -1.06. The summed E-state index contributed by atoms with van der Waals surface area (Å²) < 4.78 is 10.6. The zero-order valence-corrected chi connectivity index (χ0v) is 16.3. The lowest BCUT2D eigenvalue weighted by atomic mass is 10.1. The second-order valence-electron chi connectivity index (χ2n) is 7.01. The predicted molar refractivity (Wildman–Crippen MR) is 97.8 cm³/mol. The molecule has 1 unspecified atom stereocenters. The van der Waals surface area contributed by atoms with Gasteiger partial charge in [-0.15, -0.1) is 0 Å². The predicted octanol–water partition coefficient (Wildman–Crippen LogP) is 5.43. The van der Waals surface area contributed by atoms with Crippen LogP contribution in [0.25, 0.3) is 0 Å². The van der Waals surface area contributed by atoms with Crippen molar-refractivity contribution in [1.29, 1.82) is 0 Å². The zero-order chi connectivity index (χ0) is 18.2. The number of hydrogen-bond donors (Lipinski definition) is 0. The molecule has 0 heterocycles. The van der Waals surface area contributed by atoms with E-state index in [4.69, 9.17) is 9.47 Å². The van der Waals surface area contributed by atoms with Gasteiger partial charge in [0.2, 0.25) is 0 Å². The molecule has 0 spiro atoms. The van der Waals surface area contributed by atoms with Gasteiger partial charge in [0.05, 0.1) is 6.61 Å². The van der Waals surface area contributed by atoms with Crippen LogP contribution in [0.1, 0.15) is 98.3 Å². The van der Waals surface area contributed by atoms with E-state index in [0.717, 1.165) is 57.8 Å². The van der Waals surface area contributed by atoms with Crippen LogP contribution in [0.15, 0.2) is 0 Å². The molecule has 4 heteroatoms. The summed E-state index contributed by atoms with van der Waals surface area (Å²) >= 11 is 0. The first kappa shape index (κ1) is 22.9.